The molecule has 0 aromatic heterocycles. The van der Waals surface area contributed by atoms with E-state index in [-0.39, 0.29) is 12.1 Å². The van der Waals surface area contributed by atoms with Crippen LogP contribution >= 0.6 is 0 Å². The fourth-order valence-corrected chi connectivity index (χ4v) is 2.37. The predicted octanol–water partition coefficient (Wildman–Crippen LogP) is 2.83. The van der Waals surface area contributed by atoms with Crippen molar-refractivity contribution in [1.82, 2.24) is 0 Å². The summed E-state index contributed by atoms with van der Waals surface area (Å²) in [6.45, 7) is 1.25. The average Bonchev–Trinajstić information content (AvgIpc) is 3.01. The molecule has 0 unspecified atom stereocenters. The molecule has 1 fully saturated rings. The molecular formula is C17H16O3. The molecule has 0 atom stereocenters. The third-order valence-electron chi connectivity index (χ3n) is 3.38. The highest BCUT2D eigenvalue weighted by Crippen LogP contribution is 2.19. The van der Waals surface area contributed by atoms with E-state index < -0.39 is 0 Å². The van der Waals surface area contributed by atoms with Crippen LogP contribution in [0.15, 0.2) is 54.6 Å². The Morgan fingerprint density at radius 1 is 0.950 bits per heavy atom. The summed E-state index contributed by atoms with van der Waals surface area (Å²) >= 11 is 0. The van der Waals surface area contributed by atoms with Crippen molar-refractivity contribution in [3.63, 3.8) is 0 Å². The van der Waals surface area contributed by atoms with Crippen LogP contribution < -0.4 is 0 Å². The monoisotopic (exact) mass is 268 g/mol. The molecular weight excluding hydrogens is 252 g/mol. The molecule has 3 rings (SSSR count). The van der Waals surface area contributed by atoms with Gasteiger partial charge in [0.15, 0.2) is 12.1 Å². The highest BCUT2D eigenvalue weighted by Gasteiger charge is 2.20. The molecule has 0 saturated carbocycles. The van der Waals surface area contributed by atoms with Gasteiger partial charge in [-0.3, -0.25) is 4.79 Å². The maximum atomic E-state index is 12.6. The Hall–Kier alpha value is -1.97. The molecule has 0 radical (unpaired) electrons. The fourth-order valence-electron chi connectivity index (χ4n) is 2.37. The van der Waals surface area contributed by atoms with Gasteiger partial charge in [0, 0.05) is 17.5 Å². The first-order chi connectivity index (χ1) is 9.84. The number of hydrogen-bond acceptors (Lipinski definition) is 3. The molecule has 0 amide bonds. The summed E-state index contributed by atoms with van der Waals surface area (Å²) in [7, 11) is 0. The number of rotatable bonds is 4. The molecule has 0 N–H and O–H groups in total. The maximum Gasteiger partial charge on any atom is 0.193 e. The molecule has 2 aromatic rings. The average molecular weight is 268 g/mol. The van der Waals surface area contributed by atoms with Gasteiger partial charge in [-0.2, -0.15) is 0 Å². The number of hydrogen-bond donors (Lipinski definition) is 0. The Labute approximate surface area is 118 Å². The molecule has 3 nitrogen and oxygen atoms in total. The summed E-state index contributed by atoms with van der Waals surface area (Å²) < 4.78 is 10.9. The number of ether oxygens (including phenoxy) is 2. The minimum atomic E-state index is -0.236. The summed E-state index contributed by atoms with van der Waals surface area (Å²) in [5.74, 6) is 0.0409. The van der Waals surface area contributed by atoms with Crippen LogP contribution in [0.1, 0.15) is 21.5 Å². The SMILES string of the molecule is O=C(c1ccccc1)c1ccccc1CC1OCCO1. The van der Waals surface area contributed by atoms with Gasteiger partial charge in [-0.05, 0) is 5.56 Å². The molecule has 1 aliphatic heterocycles. The van der Waals surface area contributed by atoms with Crippen LogP contribution in [0.3, 0.4) is 0 Å². The van der Waals surface area contributed by atoms with Crippen molar-refractivity contribution in [3.8, 4) is 0 Å². The Balaban J connectivity index is 1.87. The van der Waals surface area contributed by atoms with Gasteiger partial charge in [-0.25, -0.2) is 0 Å². The molecule has 2 aromatic carbocycles. The van der Waals surface area contributed by atoms with Gasteiger partial charge in [0.1, 0.15) is 0 Å². The summed E-state index contributed by atoms with van der Waals surface area (Å²) in [4.78, 5) is 12.6. The van der Waals surface area contributed by atoms with Crippen LogP contribution in [0.25, 0.3) is 0 Å². The number of ketones is 1. The van der Waals surface area contributed by atoms with Crippen molar-refractivity contribution < 1.29 is 14.3 Å². The van der Waals surface area contributed by atoms with Gasteiger partial charge in [0.2, 0.25) is 0 Å². The van der Waals surface area contributed by atoms with E-state index in [0.717, 1.165) is 11.1 Å². The summed E-state index contributed by atoms with van der Waals surface area (Å²) in [6.07, 6.45) is 0.370. The fraction of sp³-hybridized carbons (Fsp3) is 0.235. The lowest BCUT2D eigenvalue weighted by atomic mass is 9.96. The second-order valence-corrected chi connectivity index (χ2v) is 4.73. The van der Waals surface area contributed by atoms with Crippen LogP contribution in [0.5, 0.6) is 0 Å². The van der Waals surface area contributed by atoms with E-state index in [1.54, 1.807) is 0 Å². The maximum absolute atomic E-state index is 12.6. The van der Waals surface area contributed by atoms with Crippen molar-refractivity contribution in [2.75, 3.05) is 13.2 Å². The lowest BCUT2D eigenvalue weighted by molar-refractivity contribution is -0.0400. The van der Waals surface area contributed by atoms with E-state index in [2.05, 4.69) is 0 Å². The zero-order chi connectivity index (χ0) is 13.8. The van der Waals surface area contributed by atoms with Crippen LogP contribution in [0, 0.1) is 0 Å². The van der Waals surface area contributed by atoms with Gasteiger partial charge in [-0.1, -0.05) is 54.6 Å². The summed E-state index contributed by atoms with van der Waals surface area (Å²) in [6, 6.07) is 17.0. The first-order valence-electron chi connectivity index (χ1n) is 6.75. The second-order valence-electron chi connectivity index (χ2n) is 4.73. The number of carbonyl (C=O) groups is 1. The van der Waals surface area contributed by atoms with Gasteiger partial charge >= 0.3 is 0 Å². The normalized spacial score (nSPS) is 15.4. The molecule has 0 aliphatic carbocycles. The second kappa shape index (κ2) is 5.99. The highest BCUT2D eigenvalue weighted by molar-refractivity contribution is 6.09. The van der Waals surface area contributed by atoms with Crippen molar-refractivity contribution in [1.29, 1.82) is 0 Å². The van der Waals surface area contributed by atoms with Gasteiger partial charge < -0.3 is 9.47 Å². The Bertz CT molecular complexity index is 586. The molecule has 102 valence electrons. The smallest absolute Gasteiger partial charge is 0.193 e. The molecule has 3 heteroatoms. The van der Waals surface area contributed by atoms with Crippen molar-refractivity contribution in [3.05, 3.63) is 71.3 Å². The van der Waals surface area contributed by atoms with Crippen molar-refractivity contribution in [2.45, 2.75) is 12.7 Å². The van der Waals surface area contributed by atoms with Crippen molar-refractivity contribution in [2.24, 2.45) is 0 Å². The van der Waals surface area contributed by atoms with Crippen LogP contribution in [0.4, 0.5) is 0 Å². The van der Waals surface area contributed by atoms with E-state index in [1.165, 1.54) is 0 Å². The molecule has 1 heterocycles. The third kappa shape index (κ3) is 2.79. The summed E-state index contributed by atoms with van der Waals surface area (Å²) in [5, 5.41) is 0. The largest absolute Gasteiger partial charge is 0.350 e. The van der Waals surface area contributed by atoms with Gasteiger partial charge in [0.25, 0.3) is 0 Å². The Morgan fingerprint density at radius 3 is 2.35 bits per heavy atom. The number of carbonyl (C=O) groups excluding carboxylic acids is 1. The van der Waals surface area contributed by atoms with E-state index in [4.69, 9.17) is 9.47 Å². The Morgan fingerprint density at radius 2 is 1.60 bits per heavy atom. The topological polar surface area (TPSA) is 35.5 Å². The Kier molecular flexibility index (Phi) is 3.90. The van der Waals surface area contributed by atoms with Crippen LogP contribution in [-0.4, -0.2) is 25.3 Å². The minimum absolute atomic E-state index is 0.0409. The van der Waals surface area contributed by atoms with Crippen molar-refractivity contribution >= 4 is 5.78 Å². The molecule has 1 aliphatic rings. The predicted molar refractivity (Wildman–Crippen MR) is 75.7 cm³/mol. The molecule has 20 heavy (non-hydrogen) atoms. The number of benzene rings is 2. The van der Waals surface area contributed by atoms with Crippen LogP contribution in [0.2, 0.25) is 0 Å². The van der Waals surface area contributed by atoms with Gasteiger partial charge in [0.05, 0.1) is 13.2 Å². The van der Waals surface area contributed by atoms with Crippen LogP contribution in [-0.2, 0) is 15.9 Å². The molecule has 1 saturated heterocycles. The van der Waals surface area contributed by atoms with Gasteiger partial charge in [-0.15, -0.1) is 0 Å². The van der Waals surface area contributed by atoms with E-state index in [0.29, 0.717) is 25.2 Å². The van der Waals surface area contributed by atoms with E-state index in [9.17, 15) is 4.79 Å². The highest BCUT2D eigenvalue weighted by atomic mass is 16.7. The molecule has 0 bridgehead atoms. The lowest BCUT2D eigenvalue weighted by Gasteiger charge is -2.12. The zero-order valence-electron chi connectivity index (χ0n) is 11.1. The zero-order valence-corrected chi connectivity index (χ0v) is 11.1. The minimum Gasteiger partial charge on any atom is -0.350 e. The molecule has 0 spiro atoms. The van der Waals surface area contributed by atoms with E-state index in [1.807, 2.05) is 54.6 Å². The first-order valence-corrected chi connectivity index (χ1v) is 6.75. The quantitative estimate of drug-likeness (QED) is 0.800. The summed E-state index contributed by atoms with van der Waals surface area (Å²) in [5.41, 5.74) is 2.39. The first kappa shape index (κ1) is 13.0. The van der Waals surface area contributed by atoms with E-state index >= 15 is 0 Å². The lowest BCUT2D eigenvalue weighted by Crippen LogP contribution is -2.14. The standard InChI is InChI=1S/C17H16O3/c18-17(13-6-2-1-3-7-13)15-9-5-4-8-14(15)12-16-19-10-11-20-16/h1-9,16H,10-12H2. The third-order valence-corrected chi connectivity index (χ3v) is 3.38.